The topological polar surface area (TPSA) is 48.7 Å². The first-order valence-corrected chi connectivity index (χ1v) is 11.2. The van der Waals surface area contributed by atoms with Gasteiger partial charge in [-0.05, 0) is 56.6 Å². The van der Waals surface area contributed by atoms with E-state index in [0.29, 0.717) is 17.3 Å². The number of rotatable bonds is 5. The number of benzene rings is 2. The predicted molar refractivity (Wildman–Crippen MR) is 126 cm³/mol. The summed E-state index contributed by atoms with van der Waals surface area (Å²) in [6, 6.07) is 12.1. The van der Waals surface area contributed by atoms with Crippen LogP contribution >= 0.6 is 11.6 Å². The minimum Gasteiger partial charge on any atom is -0.450 e. The van der Waals surface area contributed by atoms with Gasteiger partial charge in [-0.15, -0.1) is 0 Å². The highest BCUT2D eigenvalue weighted by Gasteiger charge is 2.26. The fourth-order valence-electron chi connectivity index (χ4n) is 4.28. The van der Waals surface area contributed by atoms with Gasteiger partial charge in [-0.25, -0.2) is 0 Å². The van der Waals surface area contributed by atoms with E-state index in [9.17, 15) is 4.79 Å². The van der Waals surface area contributed by atoms with E-state index in [-0.39, 0.29) is 11.9 Å². The molecule has 2 heterocycles. The molecule has 6 heteroatoms. The number of likely N-dealkylation sites (N-methyl/N-ethyl adjacent to an activating group) is 1. The van der Waals surface area contributed by atoms with Crippen molar-refractivity contribution in [1.82, 2.24) is 15.1 Å². The van der Waals surface area contributed by atoms with Crippen molar-refractivity contribution < 1.29 is 9.21 Å². The Kier molecular flexibility index (Phi) is 6.37. The number of nitrogens with one attached hydrogen (secondary N) is 1. The molecule has 1 fully saturated rings. The SMILES string of the molecule is Cc1ccc2c(C)c(C(=O)NC[C@@H](c3ccc(Cl)cc3)N3CCN(C)CC3)oc2c1C. The monoisotopic (exact) mass is 439 g/mol. The quantitative estimate of drug-likeness (QED) is 0.624. The van der Waals surface area contributed by atoms with E-state index in [2.05, 4.69) is 47.3 Å². The Hall–Kier alpha value is -2.34. The smallest absolute Gasteiger partial charge is 0.287 e. The Balaban J connectivity index is 1.56. The summed E-state index contributed by atoms with van der Waals surface area (Å²) < 4.78 is 6.04. The molecule has 0 spiro atoms. The molecule has 1 aliphatic rings. The van der Waals surface area contributed by atoms with Crippen molar-refractivity contribution in [3.63, 3.8) is 0 Å². The second-order valence-electron chi connectivity index (χ2n) is 8.56. The van der Waals surface area contributed by atoms with Crippen molar-refractivity contribution in [2.45, 2.75) is 26.8 Å². The van der Waals surface area contributed by atoms with Gasteiger partial charge in [0, 0.05) is 48.7 Å². The van der Waals surface area contributed by atoms with Crippen LogP contribution < -0.4 is 5.32 Å². The number of carbonyl (C=O) groups is 1. The zero-order valence-electron chi connectivity index (χ0n) is 18.7. The Morgan fingerprint density at radius 2 is 1.71 bits per heavy atom. The zero-order valence-corrected chi connectivity index (χ0v) is 19.4. The maximum atomic E-state index is 13.1. The van der Waals surface area contributed by atoms with Crippen molar-refractivity contribution >= 4 is 28.5 Å². The third kappa shape index (κ3) is 4.49. The van der Waals surface area contributed by atoms with E-state index in [1.807, 2.05) is 32.0 Å². The van der Waals surface area contributed by atoms with E-state index in [1.165, 1.54) is 0 Å². The number of halogens is 1. The van der Waals surface area contributed by atoms with Crippen LogP contribution in [0.25, 0.3) is 11.0 Å². The summed E-state index contributed by atoms with van der Waals surface area (Å²) >= 11 is 6.11. The molecule has 0 unspecified atom stereocenters. The van der Waals surface area contributed by atoms with Crippen molar-refractivity contribution in [3.8, 4) is 0 Å². The minimum absolute atomic E-state index is 0.0866. The van der Waals surface area contributed by atoms with Gasteiger partial charge < -0.3 is 14.6 Å². The molecule has 1 aliphatic heterocycles. The number of carbonyl (C=O) groups excluding carboxylic acids is 1. The van der Waals surface area contributed by atoms with Crippen LogP contribution in [0.3, 0.4) is 0 Å². The highest BCUT2D eigenvalue weighted by molar-refractivity contribution is 6.30. The summed E-state index contributed by atoms with van der Waals surface area (Å²) in [6.45, 7) is 10.5. The van der Waals surface area contributed by atoms with Gasteiger partial charge in [-0.3, -0.25) is 9.69 Å². The number of furan rings is 1. The van der Waals surface area contributed by atoms with Crippen LogP contribution in [0.5, 0.6) is 0 Å². The molecule has 4 rings (SSSR count). The minimum atomic E-state index is -0.168. The molecule has 0 saturated carbocycles. The summed E-state index contributed by atoms with van der Waals surface area (Å²) in [6.07, 6.45) is 0. The molecule has 1 aromatic heterocycles. The molecular weight excluding hydrogens is 410 g/mol. The maximum Gasteiger partial charge on any atom is 0.287 e. The summed E-state index contributed by atoms with van der Waals surface area (Å²) in [4.78, 5) is 17.9. The van der Waals surface area contributed by atoms with Crippen molar-refractivity contribution in [1.29, 1.82) is 0 Å². The zero-order chi connectivity index (χ0) is 22.1. The number of piperazine rings is 1. The number of hydrogen-bond donors (Lipinski definition) is 1. The molecule has 0 aliphatic carbocycles. The fraction of sp³-hybridized carbons (Fsp3) is 0.400. The third-order valence-electron chi connectivity index (χ3n) is 6.52. The summed E-state index contributed by atoms with van der Waals surface area (Å²) in [7, 11) is 2.14. The van der Waals surface area contributed by atoms with Crippen molar-refractivity contribution in [2.75, 3.05) is 39.8 Å². The van der Waals surface area contributed by atoms with Gasteiger partial charge in [0.2, 0.25) is 0 Å². The Morgan fingerprint density at radius 3 is 2.39 bits per heavy atom. The van der Waals surface area contributed by atoms with E-state index in [0.717, 1.165) is 59.4 Å². The molecule has 1 N–H and O–H groups in total. The molecule has 31 heavy (non-hydrogen) atoms. The number of aryl methyl sites for hydroxylation is 3. The Morgan fingerprint density at radius 1 is 1.03 bits per heavy atom. The van der Waals surface area contributed by atoms with E-state index in [1.54, 1.807) is 0 Å². The third-order valence-corrected chi connectivity index (χ3v) is 6.77. The number of amides is 1. The Bertz CT molecular complexity index is 1080. The fourth-order valence-corrected chi connectivity index (χ4v) is 4.41. The van der Waals surface area contributed by atoms with Gasteiger partial charge in [0.25, 0.3) is 5.91 Å². The molecule has 5 nitrogen and oxygen atoms in total. The molecule has 1 atom stereocenters. The molecule has 0 bridgehead atoms. The first kappa shape index (κ1) is 21.9. The lowest BCUT2D eigenvalue weighted by Crippen LogP contribution is -2.48. The van der Waals surface area contributed by atoms with E-state index in [4.69, 9.17) is 16.0 Å². The van der Waals surface area contributed by atoms with Crippen LogP contribution in [-0.2, 0) is 0 Å². The lowest BCUT2D eigenvalue weighted by Gasteiger charge is -2.38. The summed E-state index contributed by atoms with van der Waals surface area (Å²) in [5.41, 5.74) is 5.08. The van der Waals surface area contributed by atoms with E-state index < -0.39 is 0 Å². The normalized spacial score (nSPS) is 16.5. The highest BCUT2D eigenvalue weighted by atomic mass is 35.5. The average molecular weight is 440 g/mol. The predicted octanol–water partition coefficient (Wildman–Crippen LogP) is 4.73. The van der Waals surface area contributed by atoms with Gasteiger partial charge in [-0.2, -0.15) is 0 Å². The second-order valence-corrected chi connectivity index (χ2v) is 8.99. The largest absolute Gasteiger partial charge is 0.450 e. The van der Waals surface area contributed by atoms with Gasteiger partial charge >= 0.3 is 0 Å². The lowest BCUT2D eigenvalue weighted by molar-refractivity contribution is 0.0864. The van der Waals surface area contributed by atoms with Crippen molar-refractivity contribution in [3.05, 3.63) is 69.4 Å². The van der Waals surface area contributed by atoms with Gasteiger partial charge in [-0.1, -0.05) is 35.9 Å². The number of nitrogens with zero attached hydrogens (tertiary/aromatic N) is 2. The molecule has 164 valence electrons. The maximum absolute atomic E-state index is 13.1. The first-order chi connectivity index (χ1) is 14.8. The summed E-state index contributed by atoms with van der Waals surface area (Å²) in [5, 5.41) is 4.85. The molecule has 3 aromatic rings. The van der Waals surface area contributed by atoms with Crippen LogP contribution in [0.4, 0.5) is 0 Å². The first-order valence-electron chi connectivity index (χ1n) is 10.8. The van der Waals surface area contributed by atoms with Gasteiger partial charge in [0.1, 0.15) is 5.58 Å². The molecule has 2 aromatic carbocycles. The Labute approximate surface area is 189 Å². The van der Waals surface area contributed by atoms with Crippen LogP contribution in [0.15, 0.2) is 40.8 Å². The van der Waals surface area contributed by atoms with Gasteiger partial charge in [0.05, 0.1) is 6.04 Å². The van der Waals surface area contributed by atoms with Crippen LogP contribution in [-0.4, -0.2) is 55.5 Å². The van der Waals surface area contributed by atoms with Crippen LogP contribution in [0.1, 0.15) is 38.9 Å². The molecule has 0 radical (unpaired) electrons. The molecular formula is C25H30ClN3O2. The van der Waals surface area contributed by atoms with Gasteiger partial charge in [0.15, 0.2) is 5.76 Å². The summed E-state index contributed by atoms with van der Waals surface area (Å²) in [5.74, 6) is 0.232. The molecule has 1 amide bonds. The number of fused-ring (bicyclic) bond motifs is 1. The van der Waals surface area contributed by atoms with Crippen LogP contribution in [0.2, 0.25) is 5.02 Å². The van der Waals surface area contributed by atoms with Crippen LogP contribution in [0, 0.1) is 20.8 Å². The van der Waals surface area contributed by atoms with Crippen molar-refractivity contribution in [2.24, 2.45) is 0 Å². The standard InChI is InChI=1S/C25H30ClN3O2/c1-16-5-10-21-18(3)24(31-23(21)17(16)2)25(30)27-15-22(19-6-8-20(26)9-7-19)29-13-11-28(4)12-14-29/h5-10,22H,11-15H2,1-4H3,(H,27,30)/t22-/m0/s1. The number of hydrogen-bond acceptors (Lipinski definition) is 4. The lowest BCUT2D eigenvalue weighted by atomic mass is 10.0. The second kappa shape index (κ2) is 9.03. The average Bonchev–Trinajstić information content (AvgIpc) is 3.10. The highest BCUT2D eigenvalue weighted by Crippen LogP contribution is 2.30. The molecule has 1 saturated heterocycles. The van der Waals surface area contributed by atoms with E-state index >= 15 is 0 Å².